The van der Waals surface area contributed by atoms with Crippen LogP contribution >= 0.6 is 0 Å². The van der Waals surface area contributed by atoms with Crippen LogP contribution in [0.5, 0.6) is 0 Å². The Morgan fingerprint density at radius 1 is 1.08 bits per heavy atom. The van der Waals surface area contributed by atoms with Crippen molar-refractivity contribution in [3.63, 3.8) is 0 Å². The Morgan fingerprint density at radius 2 is 1.73 bits per heavy atom. The van der Waals surface area contributed by atoms with Gasteiger partial charge in [0.2, 0.25) is 5.54 Å². The first-order valence-corrected chi connectivity index (χ1v) is 8.71. The molecule has 0 aromatic heterocycles. The number of urea groups is 1. The molecular weight excluding hydrogens is 334 g/mol. The van der Waals surface area contributed by atoms with E-state index in [1.54, 1.807) is 24.3 Å². The normalized spacial score (nSPS) is 25.2. The number of rotatable bonds is 3. The van der Waals surface area contributed by atoms with E-state index in [1.807, 2.05) is 4.90 Å². The van der Waals surface area contributed by atoms with Crippen molar-refractivity contribution in [2.24, 2.45) is 5.73 Å². The fraction of sp³-hybridized carbons (Fsp3) is 0.389. The van der Waals surface area contributed by atoms with Crippen molar-refractivity contribution in [3.8, 4) is 0 Å². The predicted octanol–water partition coefficient (Wildman–Crippen LogP) is 0.708. The molecule has 8 heteroatoms. The van der Waals surface area contributed by atoms with Crippen molar-refractivity contribution in [1.29, 1.82) is 5.41 Å². The molecule has 26 heavy (non-hydrogen) atoms. The first kappa shape index (κ1) is 16.6. The van der Waals surface area contributed by atoms with Gasteiger partial charge in [0, 0.05) is 31.6 Å². The first-order chi connectivity index (χ1) is 12.5. The van der Waals surface area contributed by atoms with Crippen LogP contribution in [0.4, 0.5) is 10.5 Å². The SMILES string of the molecule is N=C(c1ccc(N2C(=O)N3CC[CH][C@]3(C(N)=O)C2=O)cc1)N1CCCC1. The average Bonchev–Trinajstić information content (AvgIpc) is 3.34. The number of fused-ring (bicyclic) bond motifs is 1. The maximum atomic E-state index is 12.9. The van der Waals surface area contributed by atoms with E-state index in [9.17, 15) is 14.4 Å². The lowest BCUT2D eigenvalue weighted by Gasteiger charge is -2.23. The van der Waals surface area contributed by atoms with E-state index in [0.717, 1.165) is 36.4 Å². The van der Waals surface area contributed by atoms with Gasteiger partial charge in [0.05, 0.1) is 5.69 Å². The van der Waals surface area contributed by atoms with Crippen LogP contribution in [0.2, 0.25) is 0 Å². The Morgan fingerprint density at radius 3 is 2.31 bits per heavy atom. The highest BCUT2D eigenvalue weighted by molar-refractivity contribution is 6.32. The van der Waals surface area contributed by atoms with Crippen molar-refractivity contribution >= 4 is 29.4 Å². The Bertz CT molecular complexity index is 800. The number of amidine groups is 1. The van der Waals surface area contributed by atoms with Crippen LogP contribution < -0.4 is 10.6 Å². The summed E-state index contributed by atoms with van der Waals surface area (Å²) in [5.41, 5.74) is 4.89. The fourth-order valence-electron chi connectivity index (χ4n) is 3.97. The maximum absolute atomic E-state index is 12.9. The lowest BCUT2D eigenvalue weighted by atomic mass is 9.95. The summed E-state index contributed by atoms with van der Waals surface area (Å²) in [7, 11) is 0. The molecule has 1 aromatic rings. The second kappa shape index (κ2) is 5.82. The third-order valence-electron chi connectivity index (χ3n) is 5.37. The minimum absolute atomic E-state index is 0.293. The summed E-state index contributed by atoms with van der Waals surface area (Å²) in [6, 6.07) is 6.17. The molecule has 0 spiro atoms. The standard InChI is InChI=1S/C18H20N5O3/c19-14(21-9-1-2-10-21)12-4-6-13(7-5-12)23-16(25)18(15(20)24)8-3-11-22(18)17(23)26/h4-8,19H,1-3,9-11H2,(H2,20,24)/t18-/m0/s1. The minimum atomic E-state index is -1.67. The van der Waals surface area contributed by atoms with Crippen LogP contribution in [-0.2, 0) is 9.59 Å². The van der Waals surface area contributed by atoms with Gasteiger partial charge in [-0.2, -0.15) is 0 Å². The summed E-state index contributed by atoms with van der Waals surface area (Å²) in [5, 5.41) is 8.28. The van der Waals surface area contributed by atoms with Gasteiger partial charge in [-0.25, -0.2) is 9.69 Å². The lowest BCUT2D eigenvalue weighted by molar-refractivity contribution is -0.134. The summed E-state index contributed by atoms with van der Waals surface area (Å²) in [4.78, 5) is 41.7. The number of nitrogens with zero attached hydrogens (tertiary/aromatic N) is 3. The quantitative estimate of drug-likeness (QED) is 0.360. The molecule has 3 aliphatic rings. The van der Waals surface area contributed by atoms with E-state index in [0.29, 0.717) is 24.5 Å². The molecule has 3 fully saturated rings. The Hall–Kier alpha value is -2.90. The molecule has 1 radical (unpaired) electrons. The first-order valence-electron chi connectivity index (χ1n) is 8.71. The molecule has 4 rings (SSSR count). The van der Waals surface area contributed by atoms with E-state index < -0.39 is 23.4 Å². The number of amides is 4. The van der Waals surface area contributed by atoms with Gasteiger partial charge in [-0.1, -0.05) is 0 Å². The predicted molar refractivity (Wildman–Crippen MR) is 94.5 cm³/mol. The summed E-state index contributed by atoms with van der Waals surface area (Å²) < 4.78 is 0. The van der Waals surface area contributed by atoms with Crippen LogP contribution in [-0.4, -0.2) is 58.7 Å². The van der Waals surface area contributed by atoms with Gasteiger partial charge >= 0.3 is 6.03 Å². The van der Waals surface area contributed by atoms with Crippen LogP contribution in [0.15, 0.2) is 24.3 Å². The lowest BCUT2D eigenvalue weighted by Crippen LogP contribution is -2.55. The summed E-state index contributed by atoms with van der Waals surface area (Å²) >= 11 is 0. The molecule has 0 unspecified atom stereocenters. The van der Waals surface area contributed by atoms with Crippen LogP contribution in [0.1, 0.15) is 24.8 Å². The zero-order chi connectivity index (χ0) is 18.5. The molecule has 3 N–H and O–H groups in total. The van der Waals surface area contributed by atoms with E-state index in [2.05, 4.69) is 0 Å². The number of anilines is 1. The van der Waals surface area contributed by atoms with Crippen molar-refractivity contribution in [2.45, 2.75) is 24.8 Å². The summed E-state index contributed by atoms with van der Waals surface area (Å²) in [6.07, 6.45) is 4.14. The van der Waals surface area contributed by atoms with Crippen molar-refractivity contribution < 1.29 is 14.4 Å². The van der Waals surface area contributed by atoms with Gasteiger partial charge in [-0.15, -0.1) is 0 Å². The topological polar surface area (TPSA) is 111 Å². The van der Waals surface area contributed by atoms with Gasteiger partial charge in [-0.3, -0.25) is 15.0 Å². The molecule has 1 atom stereocenters. The molecule has 0 aliphatic carbocycles. The van der Waals surface area contributed by atoms with Crippen molar-refractivity contribution in [2.75, 3.05) is 24.5 Å². The number of carbonyl (C=O) groups is 3. The number of carbonyl (C=O) groups excluding carboxylic acids is 3. The fourth-order valence-corrected chi connectivity index (χ4v) is 3.97. The number of primary amides is 1. The number of imide groups is 1. The third-order valence-corrected chi connectivity index (χ3v) is 5.37. The van der Waals surface area contributed by atoms with Crippen LogP contribution in [0, 0.1) is 11.8 Å². The highest BCUT2D eigenvalue weighted by Gasteiger charge is 2.64. The largest absolute Gasteiger partial charge is 0.367 e. The van der Waals surface area contributed by atoms with Gasteiger partial charge in [0.25, 0.3) is 11.8 Å². The monoisotopic (exact) mass is 354 g/mol. The van der Waals surface area contributed by atoms with Gasteiger partial charge in [-0.05, 0) is 43.5 Å². The van der Waals surface area contributed by atoms with E-state index in [1.165, 1.54) is 11.3 Å². The van der Waals surface area contributed by atoms with Crippen molar-refractivity contribution in [3.05, 3.63) is 36.2 Å². The summed E-state index contributed by atoms with van der Waals surface area (Å²) in [5.74, 6) is -1.02. The van der Waals surface area contributed by atoms with E-state index in [4.69, 9.17) is 11.1 Å². The maximum Gasteiger partial charge on any atom is 0.332 e. The molecule has 3 aliphatic heterocycles. The molecule has 1 aromatic carbocycles. The molecule has 135 valence electrons. The Kier molecular flexibility index (Phi) is 3.71. The van der Waals surface area contributed by atoms with Crippen LogP contribution in [0.3, 0.4) is 0 Å². The second-order valence-electron chi connectivity index (χ2n) is 6.79. The minimum Gasteiger partial charge on any atom is -0.367 e. The van der Waals surface area contributed by atoms with Gasteiger partial charge < -0.3 is 15.5 Å². The number of nitrogens with two attached hydrogens (primary N) is 1. The molecule has 3 heterocycles. The van der Waals surface area contributed by atoms with E-state index in [-0.39, 0.29) is 0 Å². The zero-order valence-corrected chi connectivity index (χ0v) is 14.3. The highest BCUT2D eigenvalue weighted by atomic mass is 16.2. The van der Waals surface area contributed by atoms with E-state index >= 15 is 0 Å². The smallest absolute Gasteiger partial charge is 0.332 e. The number of hydrogen-bond acceptors (Lipinski definition) is 4. The molecular formula is C18H20N5O3. The molecule has 4 amide bonds. The van der Waals surface area contributed by atoms with Crippen molar-refractivity contribution in [1.82, 2.24) is 9.80 Å². The number of likely N-dealkylation sites (tertiary alicyclic amines) is 1. The number of benzene rings is 1. The van der Waals surface area contributed by atoms with Gasteiger partial charge in [0.15, 0.2) is 0 Å². The van der Waals surface area contributed by atoms with Gasteiger partial charge in [0.1, 0.15) is 5.84 Å². The third kappa shape index (κ3) is 2.14. The Labute approximate surface area is 151 Å². The molecule has 0 saturated carbocycles. The highest BCUT2D eigenvalue weighted by Crippen LogP contribution is 2.39. The molecule has 3 saturated heterocycles. The Balaban J connectivity index is 1.62. The number of nitrogens with one attached hydrogen (secondary N) is 1. The number of hydrogen-bond donors (Lipinski definition) is 2. The zero-order valence-electron chi connectivity index (χ0n) is 14.3. The van der Waals surface area contributed by atoms with Crippen LogP contribution in [0.25, 0.3) is 0 Å². The summed E-state index contributed by atoms with van der Waals surface area (Å²) in [6.45, 7) is 2.03. The average molecular weight is 354 g/mol. The molecule has 8 nitrogen and oxygen atoms in total. The molecule has 0 bridgehead atoms. The second-order valence-corrected chi connectivity index (χ2v) is 6.79.